The van der Waals surface area contributed by atoms with Gasteiger partial charge in [0, 0.05) is 10.6 Å². The third kappa shape index (κ3) is 3.19. The summed E-state index contributed by atoms with van der Waals surface area (Å²) in [7, 11) is 0. The molecule has 108 valence electrons. The average Bonchev–Trinajstić information content (AvgIpc) is 2.92. The normalized spacial score (nSPS) is 12.6. The Bertz CT molecular complexity index is 568. The molecule has 0 aliphatic carbocycles. The van der Waals surface area contributed by atoms with Gasteiger partial charge >= 0.3 is 0 Å². The smallest absolute Gasteiger partial charge is 0.248 e. The summed E-state index contributed by atoms with van der Waals surface area (Å²) in [5.74, 6) is 1.16. The number of hydrogen-bond acceptors (Lipinski definition) is 4. The van der Waals surface area contributed by atoms with Crippen molar-refractivity contribution in [3.05, 3.63) is 34.7 Å². The van der Waals surface area contributed by atoms with E-state index in [9.17, 15) is 0 Å². The zero-order valence-corrected chi connectivity index (χ0v) is 12.9. The molecular weight excluding hydrogens is 274 g/mol. The summed E-state index contributed by atoms with van der Waals surface area (Å²) in [6.45, 7) is 7.12. The van der Waals surface area contributed by atoms with Crippen molar-refractivity contribution < 1.29 is 4.42 Å². The van der Waals surface area contributed by atoms with E-state index < -0.39 is 0 Å². The van der Waals surface area contributed by atoms with Gasteiger partial charge in [0.25, 0.3) is 0 Å². The van der Waals surface area contributed by atoms with Gasteiger partial charge in [0.2, 0.25) is 11.8 Å². The Morgan fingerprint density at radius 1 is 1.30 bits per heavy atom. The highest BCUT2D eigenvalue weighted by Gasteiger charge is 2.18. The van der Waals surface area contributed by atoms with Crippen molar-refractivity contribution in [2.24, 2.45) is 0 Å². The molecule has 5 heteroatoms. The summed E-state index contributed by atoms with van der Waals surface area (Å²) < 4.78 is 5.81. The van der Waals surface area contributed by atoms with Crippen molar-refractivity contribution in [3.8, 4) is 11.5 Å². The maximum atomic E-state index is 6.13. The first-order chi connectivity index (χ1) is 9.67. The minimum absolute atomic E-state index is 0.107. The summed E-state index contributed by atoms with van der Waals surface area (Å²) in [5, 5.41) is 12.4. The maximum Gasteiger partial charge on any atom is 0.248 e. The SMILES string of the molecule is CCCNC(CC)c1nnc(-c2cccc(Cl)c2C)o1. The number of nitrogens with one attached hydrogen (secondary N) is 1. The molecule has 0 spiro atoms. The summed E-state index contributed by atoms with van der Waals surface area (Å²) in [6, 6.07) is 5.80. The van der Waals surface area contributed by atoms with Gasteiger partial charge in [0.1, 0.15) is 0 Å². The number of rotatable bonds is 6. The van der Waals surface area contributed by atoms with E-state index >= 15 is 0 Å². The molecular formula is C15H20ClN3O. The third-order valence-electron chi connectivity index (χ3n) is 3.29. The third-order valence-corrected chi connectivity index (χ3v) is 3.70. The number of nitrogens with zero attached hydrogens (tertiary/aromatic N) is 2. The largest absolute Gasteiger partial charge is 0.419 e. The molecule has 1 heterocycles. The fraction of sp³-hybridized carbons (Fsp3) is 0.467. The zero-order valence-electron chi connectivity index (χ0n) is 12.1. The fourth-order valence-electron chi connectivity index (χ4n) is 2.05. The van der Waals surface area contributed by atoms with Crippen LogP contribution in [-0.2, 0) is 0 Å². The molecule has 0 aliphatic heterocycles. The van der Waals surface area contributed by atoms with Crippen molar-refractivity contribution in [1.82, 2.24) is 15.5 Å². The van der Waals surface area contributed by atoms with E-state index in [2.05, 4.69) is 29.4 Å². The van der Waals surface area contributed by atoms with Gasteiger partial charge in [-0.25, -0.2) is 0 Å². The number of aromatic nitrogens is 2. The van der Waals surface area contributed by atoms with Crippen molar-refractivity contribution in [1.29, 1.82) is 0 Å². The van der Waals surface area contributed by atoms with Crippen LogP contribution in [0.4, 0.5) is 0 Å². The van der Waals surface area contributed by atoms with Crippen molar-refractivity contribution in [3.63, 3.8) is 0 Å². The van der Waals surface area contributed by atoms with Gasteiger partial charge in [0.05, 0.1) is 6.04 Å². The summed E-state index contributed by atoms with van der Waals surface area (Å²) in [5.41, 5.74) is 1.85. The molecule has 0 amide bonds. The second-order valence-corrected chi connectivity index (χ2v) is 5.18. The Labute approximate surface area is 124 Å². The van der Waals surface area contributed by atoms with Crippen LogP contribution >= 0.6 is 11.6 Å². The second-order valence-electron chi connectivity index (χ2n) is 4.77. The fourth-order valence-corrected chi connectivity index (χ4v) is 2.22. The van der Waals surface area contributed by atoms with Gasteiger partial charge in [-0.3, -0.25) is 0 Å². The van der Waals surface area contributed by atoms with Crippen LogP contribution in [0.2, 0.25) is 5.02 Å². The summed E-state index contributed by atoms with van der Waals surface area (Å²) in [4.78, 5) is 0. The van der Waals surface area contributed by atoms with Crippen LogP contribution < -0.4 is 5.32 Å². The van der Waals surface area contributed by atoms with Gasteiger partial charge in [-0.15, -0.1) is 10.2 Å². The van der Waals surface area contributed by atoms with Crippen molar-refractivity contribution >= 4 is 11.6 Å². The molecule has 0 radical (unpaired) electrons. The Balaban J connectivity index is 2.26. The highest BCUT2D eigenvalue weighted by molar-refractivity contribution is 6.31. The molecule has 2 aromatic rings. The predicted molar refractivity (Wildman–Crippen MR) is 80.8 cm³/mol. The van der Waals surface area contributed by atoms with Gasteiger partial charge in [-0.05, 0) is 44.0 Å². The first-order valence-corrected chi connectivity index (χ1v) is 7.37. The molecule has 2 rings (SSSR count). The standard InChI is InChI=1S/C15H20ClN3O/c1-4-9-17-13(5-2)15-19-18-14(20-15)11-7-6-8-12(16)10(11)3/h6-8,13,17H,4-5,9H2,1-3H3. The number of hydrogen-bond donors (Lipinski definition) is 1. The lowest BCUT2D eigenvalue weighted by Crippen LogP contribution is -2.21. The summed E-state index contributed by atoms with van der Waals surface area (Å²) >= 11 is 6.13. The molecule has 20 heavy (non-hydrogen) atoms. The first-order valence-electron chi connectivity index (χ1n) is 6.99. The highest BCUT2D eigenvalue weighted by Crippen LogP contribution is 2.28. The van der Waals surface area contributed by atoms with Gasteiger partial charge in [0.15, 0.2) is 0 Å². The Kier molecular flexibility index (Phi) is 5.15. The first kappa shape index (κ1) is 15.0. The minimum Gasteiger partial charge on any atom is -0.419 e. The lowest BCUT2D eigenvalue weighted by atomic mass is 10.1. The van der Waals surface area contributed by atoms with E-state index in [-0.39, 0.29) is 6.04 Å². The highest BCUT2D eigenvalue weighted by atomic mass is 35.5. The van der Waals surface area contributed by atoms with E-state index in [0.717, 1.165) is 30.5 Å². The van der Waals surface area contributed by atoms with E-state index in [1.807, 2.05) is 25.1 Å². The van der Waals surface area contributed by atoms with E-state index in [0.29, 0.717) is 16.8 Å². The summed E-state index contributed by atoms with van der Waals surface area (Å²) in [6.07, 6.45) is 1.99. The van der Waals surface area contributed by atoms with Gasteiger partial charge in [-0.1, -0.05) is 31.5 Å². The van der Waals surface area contributed by atoms with E-state index in [4.69, 9.17) is 16.0 Å². The molecule has 0 saturated carbocycles. The van der Waals surface area contributed by atoms with Crippen LogP contribution in [-0.4, -0.2) is 16.7 Å². The Hall–Kier alpha value is -1.39. The van der Waals surface area contributed by atoms with Crippen LogP contribution in [0.3, 0.4) is 0 Å². The van der Waals surface area contributed by atoms with E-state index in [1.54, 1.807) is 0 Å². The topological polar surface area (TPSA) is 51.0 Å². The quantitative estimate of drug-likeness (QED) is 0.869. The average molecular weight is 294 g/mol. The van der Waals surface area contributed by atoms with Gasteiger partial charge < -0.3 is 9.73 Å². The molecule has 4 nitrogen and oxygen atoms in total. The molecule has 0 aliphatic rings. The van der Waals surface area contributed by atoms with Crippen molar-refractivity contribution in [2.75, 3.05) is 6.54 Å². The molecule has 0 saturated heterocycles. The Morgan fingerprint density at radius 3 is 2.80 bits per heavy atom. The lowest BCUT2D eigenvalue weighted by Gasteiger charge is -2.11. The van der Waals surface area contributed by atoms with E-state index in [1.165, 1.54) is 0 Å². The number of halogens is 1. The maximum absolute atomic E-state index is 6.13. The molecule has 0 bridgehead atoms. The zero-order chi connectivity index (χ0) is 14.5. The van der Waals surface area contributed by atoms with Crippen molar-refractivity contribution in [2.45, 2.75) is 39.7 Å². The molecule has 0 fully saturated rings. The predicted octanol–water partition coefficient (Wildman–Crippen LogP) is 4.15. The van der Waals surface area contributed by atoms with Crippen LogP contribution in [0, 0.1) is 6.92 Å². The Morgan fingerprint density at radius 2 is 2.10 bits per heavy atom. The lowest BCUT2D eigenvalue weighted by molar-refractivity contribution is 0.396. The molecule has 1 atom stereocenters. The minimum atomic E-state index is 0.107. The van der Waals surface area contributed by atoms with Crippen LogP contribution in [0.1, 0.15) is 44.2 Å². The molecule has 1 aromatic heterocycles. The molecule has 1 N–H and O–H groups in total. The van der Waals surface area contributed by atoms with Crippen LogP contribution in [0.25, 0.3) is 11.5 Å². The molecule has 1 unspecified atom stereocenters. The van der Waals surface area contributed by atoms with Crippen LogP contribution in [0.15, 0.2) is 22.6 Å². The molecule has 1 aromatic carbocycles. The second kappa shape index (κ2) is 6.86. The van der Waals surface area contributed by atoms with Crippen LogP contribution in [0.5, 0.6) is 0 Å². The van der Waals surface area contributed by atoms with Gasteiger partial charge in [-0.2, -0.15) is 0 Å². The monoisotopic (exact) mass is 293 g/mol. The number of benzene rings is 1.